The lowest BCUT2D eigenvalue weighted by molar-refractivity contribution is -0.438. The Morgan fingerprint density at radius 2 is 1.57 bits per heavy atom. The molecule has 1 aromatic heterocycles. The number of amides is 2. The van der Waals surface area contributed by atoms with Crippen molar-refractivity contribution in [2.24, 2.45) is 0 Å². The number of unbranched alkanes of at least 4 members (excludes halogenated alkanes) is 3. The first-order valence-electron chi connectivity index (χ1n) is 35.3. The number of phosphoric acid groups is 3. The first-order chi connectivity index (χ1) is 52.3. The predicted molar refractivity (Wildman–Crippen MR) is 425 cm³/mol. The minimum absolute atomic E-state index is 0.0380. The number of phosphoric ester groups is 1. The minimum Gasteiger partial charge on any atom is -0.466 e. The first-order valence-corrected chi connectivity index (χ1v) is 46.9. The Balaban J connectivity index is 0.00000469. The molecular formula is C69H99N7O26P3S6+. The summed E-state index contributed by atoms with van der Waals surface area (Å²) in [5.74, 6) is 4.82. The number of hydrogen-bond acceptors (Lipinski definition) is 27. The van der Waals surface area contributed by atoms with Gasteiger partial charge in [-0.1, -0.05) is 99.2 Å². The molecule has 4 aliphatic rings. The fourth-order valence-electron chi connectivity index (χ4n) is 12.3. The highest BCUT2D eigenvalue weighted by molar-refractivity contribution is 8.77. The number of aromatic amines is 1. The van der Waals surface area contributed by atoms with Crippen molar-refractivity contribution >= 4 is 134 Å². The Morgan fingerprint density at radius 1 is 0.865 bits per heavy atom. The van der Waals surface area contributed by atoms with Crippen LogP contribution in [-0.4, -0.2) is 199 Å². The maximum Gasteiger partial charge on any atom is 0.490 e. The van der Waals surface area contributed by atoms with E-state index in [1.54, 1.807) is 29.2 Å². The molecule has 1 aliphatic carbocycles. The van der Waals surface area contributed by atoms with Gasteiger partial charge in [0.15, 0.2) is 16.8 Å². The normalized spacial score (nSPS) is 19.6. The highest BCUT2D eigenvalue weighted by Crippen LogP contribution is 2.66. The van der Waals surface area contributed by atoms with Crippen LogP contribution in [0.15, 0.2) is 94.3 Å². The number of likely N-dealkylation sites (N-methyl/N-ethyl adjacent to an activating group) is 1. The highest BCUT2D eigenvalue weighted by Gasteiger charge is 2.48. The van der Waals surface area contributed by atoms with E-state index in [0.717, 1.165) is 49.3 Å². The van der Waals surface area contributed by atoms with Crippen molar-refractivity contribution in [1.82, 2.24) is 20.6 Å². The second-order valence-electron chi connectivity index (χ2n) is 26.9. The molecular weight excluding hydrogens is 1630 g/mol. The fourth-order valence-corrected chi connectivity index (χ4v) is 18.6. The molecule has 0 radical (unpaired) electrons. The number of carbonyl (C=O) groups excluding carboxylic acids is 3. The van der Waals surface area contributed by atoms with E-state index in [4.69, 9.17) is 77.0 Å². The Hall–Kier alpha value is -5.47. The maximum absolute atomic E-state index is 13.2. The summed E-state index contributed by atoms with van der Waals surface area (Å²) in [7, 11) is -17.5. The molecule has 1 saturated heterocycles. The second kappa shape index (κ2) is 45.1. The van der Waals surface area contributed by atoms with Gasteiger partial charge in [0.25, 0.3) is 5.56 Å². The number of nitrogens with zero attached hydrogens (tertiary/aromatic N) is 3. The number of hydrogen-bond donors (Lipinski definition) is 9. The Kier molecular flexibility index (Phi) is 38.4. The number of ether oxygens (including phenoxy) is 7. The Bertz CT molecular complexity index is 4330. The first kappa shape index (κ1) is 94.4. The average molecular weight is 1730 g/mol. The van der Waals surface area contributed by atoms with Crippen molar-refractivity contribution < 1.29 is 120 Å². The van der Waals surface area contributed by atoms with Gasteiger partial charge in [0, 0.05) is 103 Å². The standard InChI is InChI=1S/C69H98N7O23P3S5.O3S/c1-9-75-53-24-17-16-23-51(53)68(4,5)58(75)25-12-10-13-26-59-69(6,7)52-43-49(107(88)89)29-30-54(52)76(59)34-19-11-14-27-60(77)71-32-38-90-40-41-91-39-33-72-66(80)94-37-31-67(2,3)105-104-46-92-35-20-21-36-93-61(78)28-18-15-22-48-42-50(63-62(48)64(79)74-65(70)73-63)55-44-56(95-47-106(8)103)57(97-55)45-96-101(84,85)99-102(86,87)98-100(81,82)83;1-4(2)3/h10,12-13,16-17,23-26,29-30,42-43,50,55-57H,9,11,14,18-21,27-28,31-41,44-47H2,1-8H3,(H9-,70,71,72,73,74,77,79,80,81,82,83,84,85,86,87,88,89);/p+1/t50?,55-,56?,57-,106?;/m1./s1. The van der Waals surface area contributed by atoms with Crippen LogP contribution in [0.3, 0.4) is 0 Å². The lowest BCUT2D eigenvalue weighted by Gasteiger charge is -2.25. The molecule has 2 aromatic carbocycles. The van der Waals surface area contributed by atoms with Crippen LogP contribution in [-0.2, 0) is 123 Å². The number of nitrogens with one attached hydrogen (secondary N) is 3. The number of esters is 1. The predicted octanol–water partition coefficient (Wildman–Crippen LogP) is 8.92. The summed E-state index contributed by atoms with van der Waals surface area (Å²) in [4.78, 5) is 97.7. The largest absolute Gasteiger partial charge is 0.490 e. The smallest absolute Gasteiger partial charge is 0.466 e. The van der Waals surface area contributed by atoms with Crippen molar-refractivity contribution in [2.75, 3.05) is 108 Å². The monoisotopic (exact) mass is 1730 g/mol. The van der Waals surface area contributed by atoms with Gasteiger partial charge in [0.05, 0.1) is 92.4 Å². The molecule has 4 heterocycles. The number of para-hydroxylation sites is 1. The van der Waals surface area contributed by atoms with Crippen LogP contribution in [0.2, 0.25) is 0 Å². The highest BCUT2D eigenvalue weighted by atomic mass is 33.1. The van der Waals surface area contributed by atoms with E-state index in [1.165, 1.54) is 27.7 Å². The van der Waals surface area contributed by atoms with Gasteiger partial charge in [-0.05, 0) is 114 Å². The summed E-state index contributed by atoms with van der Waals surface area (Å²) in [5.41, 5.74) is 12.3. The van der Waals surface area contributed by atoms with E-state index >= 15 is 0 Å². The number of fused-ring (bicyclic) bond motifs is 3. The Morgan fingerprint density at radius 3 is 2.26 bits per heavy atom. The summed E-state index contributed by atoms with van der Waals surface area (Å²) < 4.78 is 137. The van der Waals surface area contributed by atoms with Crippen LogP contribution in [0.1, 0.15) is 141 Å². The number of carbonyl (C=O) groups is 3. The summed E-state index contributed by atoms with van der Waals surface area (Å²) in [6.07, 6.45) is 15.2. The van der Waals surface area contributed by atoms with Crippen LogP contribution >= 0.6 is 45.1 Å². The van der Waals surface area contributed by atoms with Crippen LogP contribution in [0, 0.1) is 11.8 Å². The second-order valence-corrected chi connectivity index (χ2v) is 38.8. The molecule has 616 valence electrons. The molecule has 1 fully saturated rings. The third kappa shape index (κ3) is 31.2. The molecule has 3 aliphatic heterocycles. The zero-order valence-electron chi connectivity index (χ0n) is 62.8. The summed E-state index contributed by atoms with van der Waals surface area (Å²) in [6.45, 7) is 18.5. The molecule has 111 heavy (non-hydrogen) atoms. The molecule has 8 atom stereocenters. The Labute approximate surface area is 664 Å². The third-order valence-corrected chi connectivity index (χ3v) is 25.7. The number of nitrogen functional groups attached to an aromatic ring is 1. The number of alkyl carbamates (subject to hydrolysis) is 1. The fraction of sp³-hybridized carbons (Fsp3) is 0.565. The molecule has 7 rings (SSSR count). The molecule has 3 aromatic rings. The van der Waals surface area contributed by atoms with Gasteiger partial charge in [-0.15, -0.1) is 12.6 Å². The number of anilines is 2. The van der Waals surface area contributed by atoms with Gasteiger partial charge in [0.1, 0.15) is 18.6 Å². The van der Waals surface area contributed by atoms with Crippen LogP contribution in [0.25, 0.3) is 5.57 Å². The van der Waals surface area contributed by atoms with Crippen LogP contribution in [0.5, 0.6) is 0 Å². The van der Waals surface area contributed by atoms with Crippen LogP contribution < -0.4 is 26.8 Å². The van der Waals surface area contributed by atoms with Gasteiger partial charge in [0.2, 0.25) is 17.5 Å². The van der Waals surface area contributed by atoms with E-state index in [0.29, 0.717) is 69.5 Å². The zero-order valence-corrected chi connectivity index (χ0v) is 70.4. The van der Waals surface area contributed by atoms with Crippen molar-refractivity contribution in [2.45, 2.75) is 157 Å². The van der Waals surface area contributed by atoms with Crippen molar-refractivity contribution in [3.63, 3.8) is 0 Å². The molecule has 0 bridgehead atoms. The third-order valence-electron chi connectivity index (χ3n) is 17.4. The van der Waals surface area contributed by atoms with E-state index in [1.807, 2.05) is 26.0 Å². The molecule has 33 nitrogen and oxygen atoms in total. The van der Waals surface area contributed by atoms with E-state index in [-0.39, 0.29) is 90.4 Å². The van der Waals surface area contributed by atoms with Crippen molar-refractivity contribution in [1.29, 1.82) is 0 Å². The minimum atomic E-state index is -5.79. The molecule has 0 saturated carbocycles. The number of H-pyrrole nitrogens is 1. The SMILES string of the molecule is CCN1\C(=C/C=C/C=C/C2=[N+](CCCCCC(=O)NCCOCCOCCNC(=O)OCCC(C)(C)SSCOCCCCOC(=O)CCC#CC3=CC([C@H]4CC(OCS(C)=S)[C@@H](COP(=O)(O)OP(=O)(O)OP(=O)(O)O)O4)c4nc(N)[nH]c(=O)c43)c3ccc(S(=O)O)cc3C2(C)C)C(C)(C)c2ccccc21.O=S(=O)=O. The zero-order chi connectivity index (χ0) is 81.7. The average Bonchev–Trinajstić information content (AvgIpc) is 1.60. The van der Waals surface area contributed by atoms with Gasteiger partial charge in [-0.25, -0.2) is 27.7 Å². The molecule has 6 unspecified atom stereocenters. The summed E-state index contributed by atoms with van der Waals surface area (Å²) in [6, 6.07) is 14.0. The molecule has 0 spiro atoms. The van der Waals surface area contributed by atoms with Gasteiger partial charge < -0.3 is 78.6 Å². The maximum atomic E-state index is 13.2. The lowest BCUT2D eigenvalue weighted by Crippen LogP contribution is -2.30. The van der Waals surface area contributed by atoms with E-state index in [2.05, 4.69) is 140 Å². The topological polar surface area (TPSA) is 466 Å². The van der Waals surface area contributed by atoms with Crippen molar-refractivity contribution in [3.05, 3.63) is 117 Å². The van der Waals surface area contributed by atoms with E-state index < -0.39 is 108 Å². The van der Waals surface area contributed by atoms with E-state index in [9.17, 15) is 51.4 Å². The molecule has 2 amide bonds. The number of nitrogens with two attached hydrogens (primary N) is 1. The van der Waals surface area contributed by atoms with Gasteiger partial charge >= 0.3 is 46.1 Å². The summed E-state index contributed by atoms with van der Waals surface area (Å²) in [5, 5.41) is 5.61. The number of aromatic nitrogens is 2. The number of benzene rings is 2. The quantitative estimate of drug-likeness (QED) is 0.00293. The molecule has 10 N–H and O–H groups in total. The van der Waals surface area contributed by atoms with Crippen LogP contribution in [0.4, 0.5) is 22.1 Å². The summed E-state index contributed by atoms with van der Waals surface area (Å²) >= 11 is 3.14. The van der Waals surface area contributed by atoms with Gasteiger partial charge in [-0.3, -0.25) is 23.9 Å². The number of rotatable bonds is 45. The van der Waals surface area contributed by atoms with Gasteiger partial charge in [-0.2, -0.15) is 13.2 Å². The lowest BCUT2D eigenvalue weighted by atomic mass is 9.81. The van der Waals surface area contributed by atoms with Crippen molar-refractivity contribution in [3.8, 4) is 11.8 Å². The number of allylic oxidation sites excluding steroid dienone is 7. The molecule has 42 heteroatoms.